The van der Waals surface area contributed by atoms with Crippen molar-refractivity contribution in [2.24, 2.45) is 0 Å². The van der Waals surface area contributed by atoms with Gasteiger partial charge in [0.05, 0.1) is 0 Å². The molecule has 2 aliphatic carbocycles. The zero-order chi connectivity index (χ0) is 19.8. The quantitative estimate of drug-likeness (QED) is 0.418. The van der Waals surface area contributed by atoms with Crippen molar-refractivity contribution >= 4 is 5.97 Å². The van der Waals surface area contributed by atoms with Crippen molar-refractivity contribution in [3.05, 3.63) is 64.7 Å². The summed E-state index contributed by atoms with van der Waals surface area (Å²) in [6, 6.07) is 15.3. The normalized spacial score (nSPS) is 25.6. The van der Waals surface area contributed by atoms with E-state index in [0.717, 1.165) is 16.9 Å². The lowest BCUT2D eigenvalue weighted by Crippen LogP contribution is -2.31. The van der Waals surface area contributed by atoms with Gasteiger partial charge in [-0.3, -0.25) is 4.79 Å². The molecule has 0 saturated heterocycles. The molecule has 2 aromatic carbocycles. The molecule has 1 heterocycles. The Balaban J connectivity index is 1.47. The number of ether oxygens (including phenoxy) is 1. The van der Waals surface area contributed by atoms with Crippen molar-refractivity contribution in [1.82, 2.24) is 0 Å². The van der Waals surface area contributed by atoms with Gasteiger partial charge < -0.3 is 4.74 Å². The van der Waals surface area contributed by atoms with Gasteiger partial charge in [-0.15, -0.1) is 0 Å². The second-order valence-electron chi connectivity index (χ2n) is 9.56. The molecule has 1 atom stereocenters. The Morgan fingerprint density at radius 1 is 0.759 bits per heavy atom. The lowest BCUT2D eigenvalue weighted by atomic mass is 9.74. The number of carbonyl (C=O) groups is 1. The van der Waals surface area contributed by atoms with Crippen molar-refractivity contribution in [2.75, 3.05) is 0 Å². The standard InChI is InChI=1S/C27H32O2/c1-27(23-15-12-21(13-16-23)19-8-4-2-5-9-19)24-18-22(20-10-6-3-7-11-20)14-17-25(24)29-26(27)28/h12-20H,2-11H2,1H3. The first kappa shape index (κ1) is 18.9. The van der Waals surface area contributed by atoms with Gasteiger partial charge in [-0.1, -0.05) is 74.9 Å². The predicted molar refractivity (Wildman–Crippen MR) is 117 cm³/mol. The first-order valence-corrected chi connectivity index (χ1v) is 11.6. The number of fused-ring (bicyclic) bond motifs is 1. The number of esters is 1. The third kappa shape index (κ3) is 3.31. The van der Waals surface area contributed by atoms with Crippen LogP contribution in [0.2, 0.25) is 0 Å². The molecule has 1 aliphatic heterocycles. The van der Waals surface area contributed by atoms with Gasteiger partial charge >= 0.3 is 5.97 Å². The molecular weight excluding hydrogens is 356 g/mol. The summed E-state index contributed by atoms with van der Waals surface area (Å²) in [6.45, 7) is 2.04. The number of hydrogen-bond acceptors (Lipinski definition) is 2. The molecule has 0 bridgehead atoms. The first-order valence-electron chi connectivity index (χ1n) is 11.6. The van der Waals surface area contributed by atoms with Crippen molar-refractivity contribution in [1.29, 1.82) is 0 Å². The molecular formula is C27H32O2. The molecule has 0 spiro atoms. The summed E-state index contributed by atoms with van der Waals surface area (Å²) in [6.07, 6.45) is 13.2. The van der Waals surface area contributed by atoms with Crippen molar-refractivity contribution in [3.8, 4) is 5.75 Å². The topological polar surface area (TPSA) is 26.3 Å². The van der Waals surface area contributed by atoms with E-state index in [2.05, 4.69) is 36.4 Å². The van der Waals surface area contributed by atoms with Crippen LogP contribution in [-0.2, 0) is 10.2 Å². The fraction of sp³-hybridized carbons (Fsp3) is 0.519. The average Bonchev–Trinajstić information content (AvgIpc) is 3.05. The van der Waals surface area contributed by atoms with Gasteiger partial charge in [0.15, 0.2) is 0 Å². The minimum absolute atomic E-state index is 0.140. The van der Waals surface area contributed by atoms with Gasteiger partial charge in [0.2, 0.25) is 0 Å². The van der Waals surface area contributed by atoms with E-state index in [-0.39, 0.29) is 5.97 Å². The maximum Gasteiger partial charge on any atom is 0.326 e. The molecule has 2 nitrogen and oxygen atoms in total. The summed E-state index contributed by atoms with van der Waals surface area (Å²) in [5, 5.41) is 0. The molecule has 2 aromatic rings. The van der Waals surface area contributed by atoms with Crippen LogP contribution in [-0.4, -0.2) is 5.97 Å². The number of hydrogen-bond donors (Lipinski definition) is 0. The monoisotopic (exact) mass is 388 g/mol. The SMILES string of the molecule is CC1(c2ccc(C3CCCCC3)cc2)C(=O)Oc2ccc(C3CCCCC3)cc21. The third-order valence-corrected chi connectivity index (χ3v) is 7.79. The molecule has 2 heteroatoms. The van der Waals surface area contributed by atoms with E-state index in [1.54, 1.807) is 0 Å². The first-order chi connectivity index (χ1) is 14.2. The fourth-order valence-corrected chi connectivity index (χ4v) is 5.83. The second kappa shape index (κ2) is 7.63. The minimum Gasteiger partial charge on any atom is -0.425 e. The number of carbonyl (C=O) groups excluding carboxylic acids is 1. The van der Waals surface area contributed by atoms with Crippen LogP contribution in [0.5, 0.6) is 5.75 Å². The molecule has 5 rings (SSSR count). The summed E-state index contributed by atoms with van der Waals surface area (Å²) in [7, 11) is 0. The van der Waals surface area contributed by atoms with Crippen LogP contribution in [0, 0.1) is 0 Å². The van der Waals surface area contributed by atoms with E-state index in [1.807, 2.05) is 13.0 Å². The maximum absolute atomic E-state index is 13.0. The van der Waals surface area contributed by atoms with Crippen LogP contribution in [0.15, 0.2) is 42.5 Å². The zero-order valence-corrected chi connectivity index (χ0v) is 17.6. The average molecular weight is 389 g/mol. The molecule has 152 valence electrons. The highest BCUT2D eigenvalue weighted by Gasteiger charge is 2.47. The van der Waals surface area contributed by atoms with Gasteiger partial charge in [-0.05, 0) is 67.2 Å². The van der Waals surface area contributed by atoms with Crippen LogP contribution >= 0.6 is 0 Å². The Morgan fingerprint density at radius 2 is 1.31 bits per heavy atom. The summed E-state index contributed by atoms with van der Waals surface area (Å²) >= 11 is 0. The molecule has 29 heavy (non-hydrogen) atoms. The Labute approximate surface area is 174 Å². The van der Waals surface area contributed by atoms with Crippen LogP contribution in [0.1, 0.15) is 105 Å². The highest BCUT2D eigenvalue weighted by molar-refractivity contribution is 5.94. The van der Waals surface area contributed by atoms with E-state index in [0.29, 0.717) is 11.8 Å². The van der Waals surface area contributed by atoms with Gasteiger partial charge in [0, 0.05) is 5.56 Å². The van der Waals surface area contributed by atoms with Crippen LogP contribution in [0.4, 0.5) is 0 Å². The molecule has 2 saturated carbocycles. The summed E-state index contributed by atoms with van der Waals surface area (Å²) < 4.78 is 5.73. The number of rotatable bonds is 3. The van der Waals surface area contributed by atoms with E-state index in [9.17, 15) is 4.79 Å². The molecule has 0 amide bonds. The van der Waals surface area contributed by atoms with E-state index < -0.39 is 5.41 Å². The number of benzene rings is 2. The van der Waals surface area contributed by atoms with E-state index in [1.165, 1.54) is 75.3 Å². The summed E-state index contributed by atoms with van der Waals surface area (Å²) in [4.78, 5) is 13.0. The summed E-state index contributed by atoms with van der Waals surface area (Å²) in [5.41, 5.74) is 4.22. The second-order valence-corrected chi connectivity index (χ2v) is 9.56. The molecule has 0 aromatic heterocycles. The molecule has 1 unspecified atom stereocenters. The Morgan fingerprint density at radius 3 is 1.93 bits per heavy atom. The smallest absolute Gasteiger partial charge is 0.326 e. The zero-order valence-electron chi connectivity index (χ0n) is 17.6. The Bertz CT molecular complexity index is 885. The maximum atomic E-state index is 13.0. The van der Waals surface area contributed by atoms with Crippen molar-refractivity contribution in [3.63, 3.8) is 0 Å². The van der Waals surface area contributed by atoms with Gasteiger partial charge in [0.1, 0.15) is 11.2 Å². The van der Waals surface area contributed by atoms with Crippen molar-refractivity contribution in [2.45, 2.75) is 88.4 Å². The molecule has 2 fully saturated rings. The highest BCUT2D eigenvalue weighted by atomic mass is 16.5. The molecule has 0 radical (unpaired) electrons. The third-order valence-electron chi connectivity index (χ3n) is 7.79. The Kier molecular flexibility index (Phi) is 4.97. The highest BCUT2D eigenvalue weighted by Crippen LogP contribution is 2.46. The molecule has 3 aliphatic rings. The van der Waals surface area contributed by atoms with E-state index >= 15 is 0 Å². The van der Waals surface area contributed by atoms with Crippen LogP contribution < -0.4 is 4.74 Å². The Hall–Kier alpha value is -2.09. The lowest BCUT2D eigenvalue weighted by molar-refractivity contribution is -0.136. The predicted octanol–water partition coefficient (Wildman–Crippen LogP) is 7.01. The largest absolute Gasteiger partial charge is 0.425 e. The van der Waals surface area contributed by atoms with Gasteiger partial charge in [0.25, 0.3) is 0 Å². The fourth-order valence-electron chi connectivity index (χ4n) is 5.83. The van der Waals surface area contributed by atoms with Crippen molar-refractivity contribution < 1.29 is 9.53 Å². The molecule has 0 N–H and O–H groups in total. The van der Waals surface area contributed by atoms with Gasteiger partial charge in [-0.2, -0.15) is 0 Å². The summed E-state index contributed by atoms with van der Waals surface area (Å²) in [5.74, 6) is 1.92. The van der Waals surface area contributed by atoms with Crippen LogP contribution in [0.25, 0.3) is 0 Å². The van der Waals surface area contributed by atoms with Crippen LogP contribution in [0.3, 0.4) is 0 Å². The van der Waals surface area contributed by atoms with E-state index in [4.69, 9.17) is 4.74 Å². The lowest BCUT2D eigenvalue weighted by Gasteiger charge is -2.26. The van der Waals surface area contributed by atoms with Gasteiger partial charge in [-0.25, -0.2) is 0 Å². The minimum atomic E-state index is -0.703.